The highest BCUT2D eigenvalue weighted by Crippen LogP contribution is 2.34. The summed E-state index contributed by atoms with van der Waals surface area (Å²) >= 11 is 0. The van der Waals surface area contributed by atoms with Gasteiger partial charge in [-0.2, -0.15) is 5.26 Å². The van der Waals surface area contributed by atoms with Crippen molar-refractivity contribution in [1.82, 2.24) is 4.57 Å². The quantitative estimate of drug-likeness (QED) is 0.303. The van der Waals surface area contributed by atoms with Crippen molar-refractivity contribution in [3.05, 3.63) is 65.9 Å². The van der Waals surface area contributed by atoms with E-state index < -0.39 is 25.5 Å². The summed E-state index contributed by atoms with van der Waals surface area (Å²) in [6.07, 6.45) is 3.20. The number of benzene rings is 2. The molecule has 1 heterocycles. The molecule has 3 aromatic rings. The third kappa shape index (κ3) is 4.78. The average Bonchev–Trinajstić information content (AvgIpc) is 3.10. The summed E-state index contributed by atoms with van der Waals surface area (Å²) in [5, 5.41) is 9.45. The Morgan fingerprint density at radius 1 is 1.20 bits per heavy atom. The minimum absolute atomic E-state index is 0.170. The van der Waals surface area contributed by atoms with Gasteiger partial charge in [0.05, 0.1) is 17.1 Å². The van der Waals surface area contributed by atoms with Gasteiger partial charge < -0.3 is 14.0 Å². The van der Waals surface area contributed by atoms with Crippen LogP contribution in [-0.4, -0.2) is 19.2 Å². The van der Waals surface area contributed by atoms with Crippen LogP contribution in [0, 0.1) is 23.0 Å². The fraction of sp³-hybridized carbons (Fsp3) is 0.261. The first-order valence-electron chi connectivity index (χ1n) is 9.62. The molecular weight excluding hydrogens is 402 g/mol. The average molecular weight is 427 g/mol. The van der Waals surface area contributed by atoms with E-state index in [0.29, 0.717) is 23.3 Å². The van der Waals surface area contributed by atoms with E-state index in [1.54, 1.807) is 29.0 Å². The third-order valence-corrected chi connectivity index (χ3v) is 6.44. The number of halogens is 2. The largest absolute Gasteiger partial charge is 0.451 e. The molecule has 1 aromatic heterocycles. The van der Waals surface area contributed by atoms with E-state index >= 15 is 4.39 Å². The lowest BCUT2D eigenvalue weighted by Crippen LogP contribution is -2.21. The van der Waals surface area contributed by atoms with Crippen LogP contribution < -0.4 is 4.74 Å². The molecule has 4 nitrogen and oxygen atoms in total. The Bertz CT molecular complexity index is 1130. The summed E-state index contributed by atoms with van der Waals surface area (Å²) in [7, 11) is -1.20. The van der Waals surface area contributed by atoms with E-state index in [2.05, 4.69) is 26.2 Å². The number of fused-ring (bicyclic) bond motifs is 1. The van der Waals surface area contributed by atoms with Gasteiger partial charge in [0, 0.05) is 32.3 Å². The molecule has 0 bridgehead atoms. The van der Waals surface area contributed by atoms with Crippen LogP contribution in [0.4, 0.5) is 8.78 Å². The molecule has 0 N–H and O–H groups in total. The van der Waals surface area contributed by atoms with E-state index in [1.165, 1.54) is 18.2 Å². The van der Waals surface area contributed by atoms with Crippen LogP contribution in [0.15, 0.2) is 43.1 Å². The van der Waals surface area contributed by atoms with Crippen LogP contribution >= 0.6 is 0 Å². The van der Waals surface area contributed by atoms with E-state index in [1.807, 2.05) is 6.07 Å². The van der Waals surface area contributed by atoms with Crippen molar-refractivity contribution >= 4 is 25.1 Å². The maximum atomic E-state index is 15.0. The Morgan fingerprint density at radius 3 is 2.63 bits per heavy atom. The van der Waals surface area contributed by atoms with Crippen LogP contribution in [0.25, 0.3) is 17.0 Å². The number of hydrogen-bond acceptors (Lipinski definition) is 3. The first-order chi connectivity index (χ1) is 14.2. The molecule has 0 saturated heterocycles. The van der Waals surface area contributed by atoms with Crippen molar-refractivity contribution < 1.29 is 18.3 Å². The number of ether oxygens (including phenoxy) is 2. The first kappa shape index (κ1) is 21.7. The molecule has 0 spiro atoms. The number of hydrogen-bond donors (Lipinski definition) is 0. The molecule has 0 aliphatic rings. The van der Waals surface area contributed by atoms with Gasteiger partial charge in [0.2, 0.25) is 0 Å². The normalized spacial score (nSPS) is 11.5. The highest BCUT2D eigenvalue weighted by Gasteiger charge is 2.19. The van der Waals surface area contributed by atoms with E-state index in [-0.39, 0.29) is 17.9 Å². The molecule has 0 atom stereocenters. The van der Waals surface area contributed by atoms with Gasteiger partial charge >= 0.3 is 0 Å². The highest BCUT2D eigenvalue weighted by atomic mass is 28.3. The van der Waals surface area contributed by atoms with Crippen molar-refractivity contribution in [2.75, 3.05) is 6.61 Å². The second-order valence-electron chi connectivity index (χ2n) is 8.23. The summed E-state index contributed by atoms with van der Waals surface area (Å²) in [6, 6.07) is 10.4. The monoisotopic (exact) mass is 426 g/mol. The van der Waals surface area contributed by atoms with Crippen molar-refractivity contribution in [3.63, 3.8) is 0 Å². The lowest BCUT2D eigenvalue weighted by Gasteiger charge is -2.16. The van der Waals surface area contributed by atoms with Crippen LogP contribution in [0.5, 0.6) is 11.5 Å². The van der Waals surface area contributed by atoms with Crippen molar-refractivity contribution in [1.29, 1.82) is 5.26 Å². The minimum Gasteiger partial charge on any atom is -0.451 e. The number of rotatable bonds is 8. The summed E-state index contributed by atoms with van der Waals surface area (Å²) in [5.74, 6) is -1.95. The van der Waals surface area contributed by atoms with Gasteiger partial charge in [-0.05, 0) is 35.9 Å². The van der Waals surface area contributed by atoms with Crippen LogP contribution in [0.3, 0.4) is 0 Å². The molecule has 0 aliphatic carbocycles. The van der Waals surface area contributed by atoms with Gasteiger partial charge in [-0.25, -0.2) is 8.78 Å². The lowest BCUT2D eigenvalue weighted by molar-refractivity contribution is 0.0902. The SMILES string of the molecule is C=Cc1ccc(Oc2c(F)cc3c(ccn3COCC[Si](C)(C)C)c2F)cc1C#N. The fourth-order valence-electron chi connectivity index (χ4n) is 2.98. The number of aromatic nitrogens is 1. The Kier molecular flexibility index (Phi) is 6.39. The van der Waals surface area contributed by atoms with Crippen LogP contribution in [0.2, 0.25) is 25.7 Å². The zero-order valence-electron chi connectivity index (χ0n) is 17.3. The molecule has 7 heteroatoms. The maximum Gasteiger partial charge on any atom is 0.199 e. The smallest absolute Gasteiger partial charge is 0.199 e. The minimum atomic E-state index is -1.20. The van der Waals surface area contributed by atoms with Gasteiger partial charge in [0.25, 0.3) is 0 Å². The van der Waals surface area contributed by atoms with E-state index in [9.17, 15) is 9.65 Å². The van der Waals surface area contributed by atoms with Gasteiger partial charge in [-0.15, -0.1) is 0 Å². The Morgan fingerprint density at radius 2 is 1.97 bits per heavy atom. The molecular formula is C23H24F2N2O2Si. The molecule has 2 aromatic carbocycles. The molecule has 0 unspecified atom stereocenters. The Labute approximate surface area is 176 Å². The molecule has 30 heavy (non-hydrogen) atoms. The summed E-state index contributed by atoms with van der Waals surface area (Å²) < 4.78 is 42.5. The Balaban J connectivity index is 1.84. The molecule has 0 saturated carbocycles. The van der Waals surface area contributed by atoms with Crippen LogP contribution in [0.1, 0.15) is 11.1 Å². The summed E-state index contributed by atoms with van der Waals surface area (Å²) in [6.45, 7) is 11.3. The molecule has 0 radical (unpaired) electrons. The zero-order valence-corrected chi connectivity index (χ0v) is 18.3. The van der Waals surface area contributed by atoms with Crippen molar-refractivity contribution in [2.24, 2.45) is 0 Å². The van der Waals surface area contributed by atoms with E-state index in [0.717, 1.165) is 6.04 Å². The zero-order chi connectivity index (χ0) is 21.9. The summed E-state index contributed by atoms with van der Waals surface area (Å²) in [4.78, 5) is 0. The Hall–Kier alpha value is -2.95. The summed E-state index contributed by atoms with van der Waals surface area (Å²) in [5.41, 5.74) is 1.32. The molecule has 156 valence electrons. The maximum absolute atomic E-state index is 15.0. The van der Waals surface area contributed by atoms with E-state index in [4.69, 9.17) is 9.47 Å². The van der Waals surface area contributed by atoms with Gasteiger partial charge in [-0.3, -0.25) is 0 Å². The number of nitriles is 1. The highest BCUT2D eigenvalue weighted by molar-refractivity contribution is 6.76. The fourth-order valence-corrected chi connectivity index (χ4v) is 3.74. The van der Waals surface area contributed by atoms with Gasteiger partial charge in [0.15, 0.2) is 17.4 Å². The van der Waals surface area contributed by atoms with Crippen molar-refractivity contribution in [2.45, 2.75) is 32.4 Å². The first-order valence-corrected chi connectivity index (χ1v) is 13.3. The standard InChI is InChI=1S/C23H24F2N2O2Si/c1-5-16-6-7-18(12-17(16)14-26)29-23-20(24)13-21-19(22(23)25)8-9-27(21)15-28-10-11-30(2,3)4/h5-9,12-13H,1,10-11,15H2,2-4H3. The second-order valence-corrected chi connectivity index (χ2v) is 13.9. The van der Waals surface area contributed by atoms with Gasteiger partial charge in [-0.1, -0.05) is 32.3 Å². The molecule has 0 fully saturated rings. The molecule has 0 amide bonds. The predicted octanol–water partition coefficient (Wildman–Crippen LogP) is 6.54. The third-order valence-electron chi connectivity index (χ3n) is 4.73. The van der Waals surface area contributed by atoms with Crippen molar-refractivity contribution in [3.8, 4) is 17.6 Å². The van der Waals surface area contributed by atoms with Gasteiger partial charge in [0.1, 0.15) is 12.5 Å². The lowest BCUT2D eigenvalue weighted by atomic mass is 10.1. The number of nitrogens with zero attached hydrogens (tertiary/aromatic N) is 2. The molecule has 0 aliphatic heterocycles. The molecule has 3 rings (SSSR count). The topological polar surface area (TPSA) is 47.2 Å². The second kappa shape index (κ2) is 8.82. The predicted molar refractivity (Wildman–Crippen MR) is 117 cm³/mol. The van der Waals surface area contributed by atoms with Crippen LogP contribution in [-0.2, 0) is 11.5 Å².